The quantitative estimate of drug-likeness (QED) is 0.826. The molecule has 2 fully saturated rings. The van der Waals surface area contributed by atoms with Crippen LogP contribution >= 0.6 is 0 Å². The Kier molecular flexibility index (Phi) is 3.89. The first-order valence-corrected chi connectivity index (χ1v) is 7.62. The van der Waals surface area contributed by atoms with Crippen LogP contribution in [0.1, 0.15) is 44.3 Å². The number of rotatable bonds is 5. The second-order valence-electron chi connectivity index (χ2n) is 6.08. The largest absolute Gasteiger partial charge is 0.370 e. The van der Waals surface area contributed by atoms with E-state index in [1.54, 1.807) is 0 Å². The summed E-state index contributed by atoms with van der Waals surface area (Å²) in [6, 6.07) is 0. The second kappa shape index (κ2) is 5.63. The maximum Gasteiger partial charge on any atom is 0.109 e. The number of ether oxygens (including phenoxy) is 1. The number of imidazole rings is 1. The predicted molar refractivity (Wildman–Crippen MR) is 75.1 cm³/mol. The summed E-state index contributed by atoms with van der Waals surface area (Å²) in [5.74, 6) is 1.15. The fourth-order valence-electron chi connectivity index (χ4n) is 3.53. The van der Waals surface area contributed by atoms with Gasteiger partial charge in [0.2, 0.25) is 0 Å². The molecule has 4 heteroatoms. The lowest BCUT2D eigenvalue weighted by Gasteiger charge is -2.23. The number of nitrogens with one attached hydrogen (secondary N) is 1. The minimum atomic E-state index is 0.270. The van der Waals surface area contributed by atoms with Crippen molar-refractivity contribution < 1.29 is 4.74 Å². The predicted octanol–water partition coefficient (Wildman–Crippen LogP) is 2.04. The molecule has 1 unspecified atom stereocenters. The number of hydrogen-bond donors (Lipinski definition) is 1. The molecule has 1 saturated heterocycles. The van der Waals surface area contributed by atoms with Gasteiger partial charge in [0.25, 0.3) is 0 Å². The van der Waals surface area contributed by atoms with Crippen molar-refractivity contribution in [1.82, 2.24) is 14.9 Å². The van der Waals surface area contributed by atoms with E-state index in [9.17, 15) is 0 Å². The molecule has 106 valence electrons. The molecule has 4 nitrogen and oxygen atoms in total. The molecule has 1 aromatic heterocycles. The summed E-state index contributed by atoms with van der Waals surface area (Å²) in [7, 11) is 2.05. The van der Waals surface area contributed by atoms with E-state index >= 15 is 0 Å². The third-order valence-corrected chi connectivity index (χ3v) is 4.67. The Morgan fingerprint density at radius 3 is 3.00 bits per heavy atom. The Bertz CT molecular complexity index is 409. The molecule has 0 bridgehead atoms. The Balaban J connectivity index is 1.36. The highest BCUT2D eigenvalue weighted by Gasteiger charge is 2.41. The van der Waals surface area contributed by atoms with Gasteiger partial charge in [0, 0.05) is 39.0 Å². The van der Waals surface area contributed by atoms with Gasteiger partial charge in [0.15, 0.2) is 0 Å². The van der Waals surface area contributed by atoms with Crippen LogP contribution in [0, 0.1) is 0 Å². The van der Waals surface area contributed by atoms with Crippen LogP contribution in [0.2, 0.25) is 0 Å². The molecule has 0 amide bonds. The molecule has 3 rings (SSSR count). The first-order chi connectivity index (χ1) is 9.27. The summed E-state index contributed by atoms with van der Waals surface area (Å²) in [6.07, 6.45) is 13.1. The molecule has 0 radical (unpaired) electrons. The Hall–Kier alpha value is -0.870. The Morgan fingerprint density at radius 2 is 2.26 bits per heavy atom. The second-order valence-corrected chi connectivity index (χ2v) is 6.08. The van der Waals surface area contributed by atoms with Crippen LogP contribution in [0.5, 0.6) is 0 Å². The zero-order valence-electron chi connectivity index (χ0n) is 11.9. The monoisotopic (exact) mass is 263 g/mol. The van der Waals surface area contributed by atoms with Crippen molar-refractivity contribution in [2.24, 2.45) is 7.05 Å². The number of hydrogen-bond acceptors (Lipinski definition) is 3. The molecular formula is C15H25N3O. The average molecular weight is 263 g/mol. The van der Waals surface area contributed by atoms with Gasteiger partial charge in [0.05, 0.1) is 11.7 Å². The van der Waals surface area contributed by atoms with E-state index in [2.05, 4.69) is 14.9 Å². The molecule has 1 aromatic rings. The lowest BCUT2D eigenvalue weighted by Crippen LogP contribution is -2.32. The normalized spacial score (nSPS) is 25.4. The number of nitrogens with zero attached hydrogens (tertiary/aromatic N) is 2. The Labute approximate surface area is 115 Å². The van der Waals surface area contributed by atoms with Crippen LogP contribution in [-0.2, 0) is 18.2 Å². The van der Waals surface area contributed by atoms with Crippen molar-refractivity contribution in [3.63, 3.8) is 0 Å². The molecule has 19 heavy (non-hydrogen) atoms. The van der Waals surface area contributed by atoms with Gasteiger partial charge in [-0.15, -0.1) is 0 Å². The van der Waals surface area contributed by atoms with Crippen LogP contribution in [0.3, 0.4) is 0 Å². The van der Waals surface area contributed by atoms with E-state index in [0.717, 1.165) is 25.3 Å². The highest BCUT2D eigenvalue weighted by molar-refractivity contribution is 4.94. The molecular weight excluding hydrogens is 238 g/mol. The van der Waals surface area contributed by atoms with Gasteiger partial charge in [0.1, 0.15) is 5.82 Å². The van der Waals surface area contributed by atoms with Crippen molar-refractivity contribution in [2.75, 3.05) is 13.1 Å². The van der Waals surface area contributed by atoms with Gasteiger partial charge in [-0.3, -0.25) is 0 Å². The smallest absolute Gasteiger partial charge is 0.109 e. The standard InChI is InChI=1S/C15H25N3O/c1-18-11-10-17-14(18)5-9-16-12-13-4-8-15(19-13)6-2-3-7-15/h10-11,13,16H,2-9,12H2,1H3. The SMILES string of the molecule is Cn1ccnc1CCNCC1CCC2(CCCC2)O1. The van der Waals surface area contributed by atoms with Crippen LogP contribution in [-0.4, -0.2) is 34.3 Å². The van der Waals surface area contributed by atoms with E-state index in [1.807, 2.05) is 19.4 Å². The molecule has 2 heterocycles. The lowest BCUT2D eigenvalue weighted by molar-refractivity contribution is -0.0350. The van der Waals surface area contributed by atoms with Crippen molar-refractivity contribution in [3.05, 3.63) is 18.2 Å². The molecule has 1 aliphatic heterocycles. The van der Waals surface area contributed by atoms with Crippen LogP contribution in [0.4, 0.5) is 0 Å². The van der Waals surface area contributed by atoms with Crippen molar-refractivity contribution >= 4 is 0 Å². The van der Waals surface area contributed by atoms with E-state index in [4.69, 9.17) is 4.74 Å². The van der Waals surface area contributed by atoms with Crippen molar-refractivity contribution in [2.45, 2.75) is 56.7 Å². The third-order valence-electron chi connectivity index (χ3n) is 4.67. The molecule has 1 saturated carbocycles. The maximum absolute atomic E-state index is 6.29. The summed E-state index contributed by atoms with van der Waals surface area (Å²) < 4.78 is 8.37. The summed E-state index contributed by atoms with van der Waals surface area (Å²) >= 11 is 0. The van der Waals surface area contributed by atoms with Gasteiger partial charge in [-0.2, -0.15) is 0 Å². The molecule has 1 atom stereocenters. The number of aromatic nitrogens is 2. The topological polar surface area (TPSA) is 39.1 Å². The molecule has 1 N–H and O–H groups in total. The maximum atomic E-state index is 6.29. The van der Waals surface area contributed by atoms with Gasteiger partial charge in [-0.05, 0) is 25.7 Å². The lowest BCUT2D eigenvalue weighted by atomic mass is 9.98. The summed E-state index contributed by atoms with van der Waals surface area (Å²) in [6.45, 7) is 1.98. The summed E-state index contributed by atoms with van der Waals surface area (Å²) in [5.41, 5.74) is 0.270. The van der Waals surface area contributed by atoms with E-state index in [0.29, 0.717) is 6.10 Å². The highest BCUT2D eigenvalue weighted by Crippen LogP contribution is 2.43. The zero-order valence-corrected chi connectivity index (χ0v) is 11.9. The summed E-state index contributed by atoms with van der Waals surface area (Å²) in [4.78, 5) is 4.33. The van der Waals surface area contributed by atoms with Gasteiger partial charge >= 0.3 is 0 Å². The van der Waals surface area contributed by atoms with Gasteiger partial charge < -0.3 is 14.6 Å². The van der Waals surface area contributed by atoms with E-state index in [1.165, 1.54) is 38.5 Å². The first-order valence-electron chi connectivity index (χ1n) is 7.62. The molecule has 1 spiro atoms. The zero-order chi connectivity index (χ0) is 13.1. The fraction of sp³-hybridized carbons (Fsp3) is 0.800. The van der Waals surface area contributed by atoms with Gasteiger partial charge in [-0.1, -0.05) is 12.8 Å². The Morgan fingerprint density at radius 1 is 1.42 bits per heavy atom. The van der Waals surface area contributed by atoms with E-state index < -0.39 is 0 Å². The minimum absolute atomic E-state index is 0.270. The van der Waals surface area contributed by atoms with Gasteiger partial charge in [-0.25, -0.2) is 4.98 Å². The molecule has 1 aliphatic carbocycles. The van der Waals surface area contributed by atoms with Crippen LogP contribution in [0.25, 0.3) is 0 Å². The fourth-order valence-corrected chi connectivity index (χ4v) is 3.53. The highest BCUT2D eigenvalue weighted by atomic mass is 16.5. The number of aryl methyl sites for hydroxylation is 1. The summed E-state index contributed by atoms with van der Waals surface area (Å²) in [5, 5.41) is 3.52. The van der Waals surface area contributed by atoms with Crippen molar-refractivity contribution in [3.8, 4) is 0 Å². The van der Waals surface area contributed by atoms with Crippen LogP contribution in [0.15, 0.2) is 12.4 Å². The average Bonchev–Trinajstić information content (AvgIpc) is 3.11. The van der Waals surface area contributed by atoms with Crippen molar-refractivity contribution in [1.29, 1.82) is 0 Å². The minimum Gasteiger partial charge on any atom is -0.370 e. The first kappa shape index (κ1) is 13.1. The molecule has 0 aromatic carbocycles. The van der Waals surface area contributed by atoms with Crippen LogP contribution < -0.4 is 5.32 Å². The third kappa shape index (κ3) is 3.00. The van der Waals surface area contributed by atoms with E-state index in [-0.39, 0.29) is 5.60 Å². The molecule has 2 aliphatic rings.